The largest absolute Gasteiger partial charge is 0.490 e. The van der Waals surface area contributed by atoms with Crippen LogP contribution < -0.4 is 10.2 Å². The van der Waals surface area contributed by atoms with Gasteiger partial charge in [-0.05, 0) is 42.0 Å². The number of hydrogen-bond acceptors (Lipinski definition) is 4. The molecule has 0 unspecified atom stereocenters. The third-order valence-corrected chi connectivity index (χ3v) is 5.00. The lowest BCUT2D eigenvalue weighted by molar-refractivity contribution is -0.192. The number of aromatic amines is 1. The number of fused-ring (bicyclic) bond motifs is 1. The molecule has 4 rings (SSSR count). The number of alkyl halides is 3. The van der Waals surface area contributed by atoms with Crippen molar-refractivity contribution in [2.75, 3.05) is 25.5 Å². The predicted octanol–water partition coefficient (Wildman–Crippen LogP) is 4.23. The zero-order chi connectivity index (χ0) is 24.9. The van der Waals surface area contributed by atoms with Crippen LogP contribution in [0.4, 0.5) is 18.9 Å². The van der Waals surface area contributed by atoms with Gasteiger partial charge in [-0.2, -0.15) is 13.2 Å². The molecule has 0 saturated carbocycles. The van der Waals surface area contributed by atoms with E-state index in [1.807, 2.05) is 38.4 Å². The SMILES string of the molecule is CN(C)c1ccc(C=Cc2cc(-c3cc4c([nH]3)CCNC4=O)ccn2)cc1.O=C(O)C(F)(F)F. The smallest absolute Gasteiger partial charge is 0.475 e. The molecular weight excluding hydrogens is 449 g/mol. The fraction of sp³-hybridized carbons (Fsp3) is 0.208. The van der Waals surface area contributed by atoms with Crippen LogP contribution in [0, 0.1) is 0 Å². The van der Waals surface area contributed by atoms with E-state index in [2.05, 4.69) is 50.5 Å². The summed E-state index contributed by atoms with van der Waals surface area (Å²) in [4.78, 5) is 30.8. The molecule has 10 heteroatoms. The highest BCUT2D eigenvalue weighted by Gasteiger charge is 2.38. The topological polar surface area (TPSA) is 98.3 Å². The number of H-pyrrole nitrogens is 1. The van der Waals surface area contributed by atoms with E-state index in [1.165, 1.54) is 5.69 Å². The number of rotatable bonds is 4. The van der Waals surface area contributed by atoms with Gasteiger partial charge in [0, 0.05) is 55.9 Å². The molecular formula is C24H23F3N4O3. The van der Waals surface area contributed by atoms with E-state index in [-0.39, 0.29) is 5.91 Å². The summed E-state index contributed by atoms with van der Waals surface area (Å²) in [6.07, 6.45) is 1.61. The minimum atomic E-state index is -5.08. The Morgan fingerprint density at radius 1 is 1.12 bits per heavy atom. The van der Waals surface area contributed by atoms with E-state index in [0.29, 0.717) is 6.54 Å². The lowest BCUT2D eigenvalue weighted by Gasteiger charge is -2.11. The molecule has 178 valence electrons. The van der Waals surface area contributed by atoms with Crippen LogP contribution in [-0.2, 0) is 11.2 Å². The Balaban J connectivity index is 0.000000406. The average Bonchev–Trinajstić information content (AvgIpc) is 3.24. The van der Waals surface area contributed by atoms with Gasteiger partial charge in [0.1, 0.15) is 0 Å². The van der Waals surface area contributed by atoms with Crippen LogP contribution in [0.3, 0.4) is 0 Å². The first kappa shape index (κ1) is 24.6. The van der Waals surface area contributed by atoms with Crippen molar-refractivity contribution in [1.29, 1.82) is 0 Å². The van der Waals surface area contributed by atoms with Crippen molar-refractivity contribution in [3.8, 4) is 11.3 Å². The molecule has 1 aliphatic heterocycles. The number of hydrogen-bond donors (Lipinski definition) is 3. The van der Waals surface area contributed by atoms with E-state index < -0.39 is 12.1 Å². The van der Waals surface area contributed by atoms with Crippen LogP contribution in [0.2, 0.25) is 0 Å². The quantitative estimate of drug-likeness (QED) is 0.528. The molecule has 1 amide bonds. The maximum Gasteiger partial charge on any atom is 0.490 e. The second-order valence-corrected chi connectivity index (χ2v) is 7.67. The van der Waals surface area contributed by atoms with Crippen LogP contribution >= 0.6 is 0 Å². The lowest BCUT2D eigenvalue weighted by atomic mass is 10.1. The van der Waals surface area contributed by atoms with Gasteiger partial charge >= 0.3 is 12.1 Å². The monoisotopic (exact) mass is 472 g/mol. The van der Waals surface area contributed by atoms with Crippen LogP contribution in [0.15, 0.2) is 48.7 Å². The van der Waals surface area contributed by atoms with Crippen molar-refractivity contribution in [1.82, 2.24) is 15.3 Å². The summed E-state index contributed by atoms with van der Waals surface area (Å²) < 4.78 is 31.7. The highest BCUT2D eigenvalue weighted by atomic mass is 19.4. The number of carboxylic acid groups (broad SMARTS) is 1. The summed E-state index contributed by atoms with van der Waals surface area (Å²) in [6.45, 7) is 0.683. The number of carbonyl (C=O) groups excluding carboxylic acids is 1. The number of anilines is 1. The summed E-state index contributed by atoms with van der Waals surface area (Å²) in [7, 11) is 4.06. The van der Waals surface area contributed by atoms with Gasteiger partial charge in [0.25, 0.3) is 5.91 Å². The van der Waals surface area contributed by atoms with Gasteiger partial charge in [0.05, 0.1) is 11.3 Å². The fourth-order valence-corrected chi connectivity index (χ4v) is 3.22. The number of nitrogens with one attached hydrogen (secondary N) is 2. The molecule has 1 aliphatic rings. The van der Waals surface area contributed by atoms with Gasteiger partial charge in [0.2, 0.25) is 0 Å². The normalized spacial score (nSPS) is 13.0. The number of aromatic nitrogens is 2. The molecule has 0 fully saturated rings. The van der Waals surface area contributed by atoms with E-state index in [4.69, 9.17) is 9.90 Å². The number of amides is 1. The maximum absolute atomic E-state index is 12.0. The number of carbonyl (C=O) groups is 2. The molecule has 3 heterocycles. The molecule has 0 bridgehead atoms. The van der Waals surface area contributed by atoms with Crippen molar-refractivity contribution >= 4 is 29.7 Å². The Kier molecular flexibility index (Phi) is 7.40. The number of carboxylic acids is 1. The minimum Gasteiger partial charge on any atom is -0.475 e. The Labute approximate surface area is 193 Å². The molecule has 1 aromatic carbocycles. The summed E-state index contributed by atoms with van der Waals surface area (Å²) in [5, 5.41) is 10.0. The van der Waals surface area contributed by atoms with Crippen LogP contribution in [0.5, 0.6) is 0 Å². The zero-order valence-electron chi connectivity index (χ0n) is 18.5. The third-order valence-electron chi connectivity index (χ3n) is 5.00. The van der Waals surface area contributed by atoms with Gasteiger partial charge < -0.3 is 20.3 Å². The molecule has 0 radical (unpaired) electrons. The maximum atomic E-state index is 12.0. The fourth-order valence-electron chi connectivity index (χ4n) is 3.22. The van der Waals surface area contributed by atoms with Crippen molar-refractivity contribution in [2.45, 2.75) is 12.6 Å². The third kappa shape index (κ3) is 6.25. The number of pyridine rings is 1. The van der Waals surface area contributed by atoms with Crippen molar-refractivity contribution < 1.29 is 27.9 Å². The van der Waals surface area contributed by atoms with Gasteiger partial charge in [0.15, 0.2) is 0 Å². The summed E-state index contributed by atoms with van der Waals surface area (Å²) in [5.41, 5.74) is 6.89. The molecule has 0 aliphatic carbocycles. The van der Waals surface area contributed by atoms with Crippen LogP contribution in [0.1, 0.15) is 27.3 Å². The predicted molar refractivity (Wildman–Crippen MR) is 123 cm³/mol. The van der Waals surface area contributed by atoms with E-state index in [1.54, 1.807) is 6.20 Å². The average molecular weight is 472 g/mol. The van der Waals surface area contributed by atoms with E-state index in [9.17, 15) is 18.0 Å². The summed E-state index contributed by atoms with van der Waals surface area (Å²) in [5.74, 6) is -2.76. The second-order valence-electron chi connectivity index (χ2n) is 7.67. The summed E-state index contributed by atoms with van der Waals surface area (Å²) >= 11 is 0. The summed E-state index contributed by atoms with van der Waals surface area (Å²) in [6, 6.07) is 14.3. The van der Waals surface area contributed by atoms with Crippen molar-refractivity contribution in [3.63, 3.8) is 0 Å². The van der Waals surface area contributed by atoms with Crippen molar-refractivity contribution in [2.24, 2.45) is 0 Å². The van der Waals surface area contributed by atoms with Gasteiger partial charge in [-0.1, -0.05) is 18.2 Å². The Morgan fingerprint density at radius 3 is 2.38 bits per heavy atom. The lowest BCUT2D eigenvalue weighted by Crippen LogP contribution is -2.31. The molecule has 3 aromatic rings. The first-order valence-electron chi connectivity index (χ1n) is 10.3. The van der Waals surface area contributed by atoms with Gasteiger partial charge in [-0.25, -0.2) is 4.79 Å². The highest BCUT2D eigenvalue weighted by Crippen LogP contribution is 2.24. The Bertz CT molecular complexity index is 1200. The second kappa shape index (κ2) is 10.2. The van der Waals surface area contributed by atoms with Crippen molar-refractivity contribution in [3.05, 3.63) is 71.2 Å². The molecule has 2 aromatic heterocycles. The standard InChI is InChI=1S/C22H22N4O.C2HF3O2/c1-26(2)18-7-4-15(5-8-18)3-6-17-13-16(9-11-23-17)21-14-19-20(25-21)10-12-24-22(19)27;3-2(4,5)1(6)7/h3-9,11,13-14,25H,10,12H2,1-2H3,(H,24,27);(H,6,7). The molecule has 0 saturated heterocycles. The number of nitrogens with zero attached hydrogens (tertiary/aromatic N) is 2. The molecule has 7 nitrogen and oxygen atoms in total. The van der Waals surface area contributed by atoms with Crippen LogP contribution in [0.25, 0.3) is 23.4 Å². The number of halogens is 3. The zero-order valence-corrected chi connectivity index (χ0v) is 18.5. The number of aliphatic carboxylic acids is 1. The molecule has 0 atom stereocenters. The molecule has 0 spiro atoms. The molecule has 34 heavy (non-hydrogen) atoms. The Morgan fingerprint density at radius 2 is 1.79 bits per heavy atom. The number of benzene rings is 1. The van der Waals surface area contributed by atoms with Gasteiger partial charge in [-0.3, -0.25) is 9.78 Å². The minimum absolute atomic E-state index is 0.00547. The highest BCUT2D eigenvalue weighted by molar-refractivity contribution is 5.97. The first-order valence-corrected chi connectivity index (χ1v) is 10.3. The Hall–Kier alpha value is -4.08. The van der Waals surface area contributed by atoms with E-state index in [0.717, 1.165) is 40.2 Å². The molecule has 3 N–H and O–H groups in total. The van der Waals surface area contributed by atoms with Crippen LogP contribution in [-0.4, -0.2) is 53.8 Å². The van der Waals surface area contributed by atoms with E-state index >= 15 is 0 Å². The van der Waals surface area contributed by atoms with Gasteiger partial charge in [-0.15, -0.1) is 0 Å². The first-order chi connectivity index (χ1) is 16.0.